The molecule has 2 amide bonds. The third kappa shape index (κ3) is 4.62. The van der Waals surface area contributed by atoms with Gasteiger partial charge in [0.05, 0.1) is 18.8 Å². The van der Waals surface area contributed by atoms with Crippen molar-refractivity contribution in [1.29, 1.82) is 0 Å². The summed E-state index contributed by atoms with van der Waals surface area (Å²) >= 11 is 0. The summed E-state index contributed by atoms with van der Waals surface area (Å²) in [6.45, 7) is 3.54. The smallest absolute Gasteiger partial charge is 0.251 e. The SMILES string of the molecule is Cc1ccc(CNC(=O)c2ccc(CN3C(=O)CCn4nc(-c5ccccc5)cc43)cc2)cc1. The molecular weight excluding hydrogens is 424 g/mol. The van der Waals surface area contributed by atoms with E-state index in [-0.39, 0.29) is 11.8 Å². The first kappa shape index (κ1) is 21.6. The van der Waals surface area contributed by atoms with Crippen LogP contribution in [0.2, 0.25) is 0 Å². The third-order valence-electron chi connectivity index (χ3n) is 6.07. The van der Waals surface area contributed by atoms with Crippen LogP contribution in [0.3, 0.4) is 0 Å². The molecule has 0 atom stereocenters. The lowest BCUT2D eigenvalue weighted by atomic mass is 10.1. The maximum Gasteiger partial charge on any atom is 0.251 e. The number of amides is 2. The number of nitrogens with one attached hydrogen (secondary N) is 1. The number of aromatic nitrogens is 2. The number of nitrogens with zero attached hydrogens (tertiary/aromatic N) is 3. The van der Waals surface area contributed by atoms with E-state index in [0.717, 1.165) is 28.2 Å². The summed E-state index contributed by atoms with van der Waals surface area (Å²) in [5.74, 6) is 0.758. The number of anilines is 1. The van der Waals surface area contributed by atoms with Crippen molar-refractivity contribution < 1.29 is 9.59 Å². The minimum atomic E-state index is -0.119. The highest BCUT2D eigenvalue weighted by Crippen LogP contribution is 2.29. The fourth-order valence-corrected chi connectivity index (χ4v) is 4.11. The highest BCUT2D eigenvalue weighted by atomic mass is 16.2. The lowest BCUT2D eigenvalue weighted by Crippen LogP contribution is -2.36. The van der Waals surface area contributed by atoms with Crippen molar-refractivity contribution in [1.82, 2.24) is 15.1 Å². The van der Waals surface area contributed by atoms with Crippen LogP contribution in [0, 0.1) is 6.92 Å². The molecule has 4 aromatic rings. The maximum atomic E-state index is 12.7. The van der Waals surface area contributed by atoms with Crippen LogP contribution in [0.5, 0.6) is 0 Å². The fourth-order valence-electron chi connectivity index (χ4n) is 4.11. The number of carbonyl (C=O) groups excluding carboxylic acids is 2. The van der Waals surface area contributed by atoms with Crippen LogP contribution in [0.15, 0.2) is 84.9 Å². The van der Waals surface area contributed by atoms with Crippen molar-refractivity contribution in [2.45, 2.75) is 33.0 Å². The normalized spacial score (nSPS) is 13.0. The summed E-state index contributed by atoms with van der Waals surface area (Å²) < 4.78 is 1.90. The summed E-state index contributed by atoms with van der Waals surface area (Å²) in [6, 6.07) is 27.5. The molecule has 5 rings (SSSR count). The molecule has 0 saturated heterocycles. The van der Waals surface area contributed by atoms with Gasteiger partial charge in [0.15, 0.2) is 0 Å². The largest absolute Gasteiger partial charge is 0.348 e. The highest BCUT2D eigenvalue weighted by molar-refractivity contribution is 5.95. The molecule has 1 aromatic heterocycles. The number of aryl methyl sites for hydroxylation is 2. The van der Waals surface area contributed by atoms with Crippen LogP contribution in [-0.4, -0.2) is 21.6 Å². The van der Waals surface area contributed by atoms with Crippen LogP contribution in [0.25, 0.3) is 11.3 Å². The second kappa shape index (κ2) is 9.35. The Bertz CT molecular complexity index is 1310. The molecule has 6 nitrogen and oxygen atoms in total. The number of fused-ring (bicyclic) bond motifs is 1. The first-order chi connectivity index (χ1) is 16.6. The lowest BCUT2D eigenvalue weighted by Gasteiger charge is -2.27. The zero-order valence-electron chi connectivity index (χ0n) is 19.1. The van der Waals surface area contributed by atoms with Crippen LogP contribution in [0.1, 0.15) is 33.5 Å². The van der Waals surface area contributed by atoms with Gasteiger partial charge in [-0.05, 0) is 30.2 Å². The standard InChI is InChI=1S/C28H26N4O2/c1-20-7-9-21(10-8-20)18-29-28(34)24-13-11-22(12-14-24)19-31-26-17-25(23-5-3-2-4-6-23)30-32(26)16-15-27(31)33/h2-14,17H,15-16,18-19H2,1H3,(H,29,34). The molecular formula is C28H26N4O2. The molecule has 1 aliphatic rings. The molecule has 0 saturated carbocycles. The van der Waals surface area contributed by atoms with Crippen LogP contribution < -0.4 is 10.2 Å². The Morgan fingerprint density at radius 1 is 0.941 bits per heavy atom. The van der Waals surface area contributed by atoms with E-state index in [4.69, 9.17) is 5.10 Å². The molecule has 2 heterocycles. The summed E-state index contributed by atoms with van der Waals surface area (Å²) in [4.78, 5) is 27.1. The molecule has 0 spiro atoms. The second-order valence-electron chi connectivity index (χ2n) is 8.57. The predicted octanol–water partition coefficient (Wildman–Crippen LogP) is 4.73. The van der Waals surface area contributed by atoms with Gasteiger partial charge in [0.1, 0.15) is 5.82 Å². The molecule has 0 radical (unpaired) electrons. The van der Waals surface area contributed by atoms with Crippen LogP contribution in [0.4, 0.5) is 5.82 Å². The van der Waals surface area contributed by atoms with Gasteiger partial charge < -0.3 is 5.32 Å². The first-order valence-corrected chi connectivity index (χ1v) is 11.4. The van der Waals surface area contributed by atoms with Crippen molar-refractivity contribution in [2.24, 2.45) is 0 Å². The van der Waals surface area contributed by atoms with Crippen molar-refractivity contribution in [2.75, 3.05) is 4.90 Å². The topological polar surface area (TPSA) is 67.2 Å². The van der Waals surface area contributed by atoms with Gasteiger partial charge >= 0.3 is 0 Å². The Morgan fingerprint density at radius 3 is 2.38 bits per heavy atom. The van der Waals surface area contributed by atoms with E-state index < -0.39 is 0 Å². The van der Waals surface area contributed by atoms with Gasteiger partial charge in [-0.25, -0.2) is 4.68 Å². The summed E-state index contributed by atoms with van der Waals surface area (Å²) in [7, 11) is 0. The van der Waals surface area contributed by atoms with E-state index in [1.165, 1.54) is 5.56 Å². The number of hydrogen-bond acceptors (Lipinski definition) is 3. The predicted molar refractivity (Wildman–Crippen MR) is 132 cm³/mol. The van der Waals surface area contributed by atoms with E-state index in [1.54, 1.807) is 17.0 Å². The Kier molecular flexibility index (Phi) is 5.95. The molecule has 0 aliphatic carbocycles. The summed E-state index contributed by atoms with van der Waals surface area (Å²) in [6.07, 6.45) is 0.419. The Balaban J connectivity index is 1.27. The monoisotopic (exact) mass is 450 g/mol. The quantitative estimate of drug-likeness (QED) is 0.462. The minimum absolute atomic E-state index is 0.0759. The zero-order chi connectivity index (χ0) is 23.5. The minimum Gasteiger partial charge on any atom is -0.348 e. The molecule has 3 aromatic carbocycles. The van der Waals surface area contributed by atoms with Gasteiger partial charge in [-0.3, -0.25) is 14.5 Å². The molecule has 0 unspecified atom stereocenters. The average molecular weight is 451 g/mol. The van der Waals surface area contributed by atoms with Gasteiger partial charge in [-0.1, -0.05) is 72.3 Å². The number of benzene rings is 3. The van der Waals surface area contributed by atoms with E-state index in [1.807, 2.05) is 84.4 Å². The fraction of sp³-hybridized carbons (Fsp3) is 0.179. The Morgan fingerprint density at radius 2 is 1.65 bits per heavy atom. The maximum absolute atomic E-state index is 12.7. The van der Waals surface area contributed by atoms with Gasteiger partial charge in [-0.15, -0.1) is 0 Å². The Hall–Kier alpha value is -4.19. The number of carbonyl (C=O) groups is 2. The lowest BCUT2D eigenvalue weighted by molar-refractivity contribution is -0.119. The molecule has 1 aliphatic heterocycles. The van der Waals surface area contributed by atoms with Gasteiger partial charge in [0, 0.05) is 30.2 Å². The summed E-state index contributed by atoms with van der Waals surface area (Å²) in [5.41, 5.74) is 5.69. The molecule has 6 heteroatoms. The highest BCUT2D eigenvalue weighted by Gasteiger charge is 2.26. The van der Waals surface area contributed by atoms with Crippen LogP contribution in [-0.2, 0) is 24.4 Å². The number of hydrogen-bond donors (Lipinski definition) is 1. The van der Waals surface area contributed by atoms with Crippen molar-refractivity contribution >= 4 is 17.6 Å². The van der Waals surface area contributed by atoms with Gasteiger partial charge in [0.25, 0.3) is 5.91 Å². The van der Waals surface area contributed by atoms with Crippen molar-refractivity contribution in [3.63, 3.8) is 0 Å². The van der Waals surface area contributed by atoms with Gasteiger partial charge in [0.2, 0.25) is 5.91 Å². The van der Waals surface area contributed by atoms with Crippen LogP contribution >= 0.6 is 0 Å². The van der Waals surface area contributed by atoms with E-state index in [2.05, 4.69) is 5.32 Å². The van der Waals surface area contributed by atoms with E-state index >= 15 is 0 Å². The van der Waals surface area contributed by atoms with E-state index in [0.29, 0.717) is 31.6 Å². The van der Waals surface area contributed by atoms with E-state index in [9.17, 15) is 9.59 Å². The van der Waals surface area contributed by atoms with Crippen molar-refractivity contribution in [3.05, 3.63) is 107 Å². The average Bonchev–Trinajstić information content (AvgIpc) is 3.31. The molecule has 34 heavy (non-hydrogen) atoms. The molecule has 170 valence electrons. The summed E-state index contributed by atoms with van der Waals surface area (Å²) in [5, 5.41) is 7.66. The van der Waals surface area contributed by atoms with Gasteiger partial charge in [-0.2, -0.15) is 5.10 Å². The molecule has 1 N–H and O–H groups in total. The molecule has 0 bridgehead atoms. The Labute approximate surface area is 198 Å². The zero-order valence-corrected chi connectivity index (χ0v) is 19.1. The molecule has 0 fully saturated rings. The first-order valence-electron chi connectivity index (χ1n) is 11.4. The number of rotatable bonds is 6. The third-order valence-corrected chi connectivity index (χ3v) is 6.07. The van der Waals surface area contributed by atoms with Crippen molar-refractivity contribution in [3.8, 4) is 11.3 Å². The second-order valence-corrected chi connectivity index (χ2v) is 8.57.